The van der Waals surface area contributed by atoms with Crippen LogP contribution in [0.25, 0.3) is 33.4 Å². The van der Waals surface area contributed by atoms with Crippen LogP contribution in [0.5, 0.6) is 0 Å². The van der Waals surface area contributed by atoms with Crippen LogP contribution in [-0.4, -0.2) is 44.4 Å². The molecule has 0 amide bonds. The normalized spacial score (nSPS) is 12.5. The quantitative estimate of drug-likeness (QED) is 0.169. The third kappa shape index (κ3) is 4.44. The molecule has 3 heterocycles. The van der Waals surface area contributed by atoms with Gasteiger partial charge in [-0.05, 0) is 12.1 Å². The van der Waals surface area contributed by atoms with Crippen LogP contribution in [0.1, 0.15) is 0 Å². The van der Waals surface area contributed by atoms with E-state index in [-0.39, 0.29) is 38.6 Å². The maximum Gasteiger partial charge on any atom is 0.471 e. The number of aromatic nitrogens is 4. The van der Waals surface area contributed by atoms with Crippen LogP contribution < -0.4 is 11.5 Å². The van der Waals surface area contributed by atoms with E-state index in [9.17, 15) is 17.4 Å². The first-order valence-electron chi connectivity index (χ1n) is 8.91. The number of nitrogens with two attached hydrogens (primary N) is 2. The summed E-state index contributed by atoms with van der Waals surface area (Å²) in [6.45, 7) is -0.525. The van der Waals surface area contributed by atoms with Crippen molar-refractivity contribution in [3.63, 3.8) is 0 Å². The summed E-state index contributed by atoms with van der Waals surface area (Å²) in [7, 11) is -8.46. The Bertz CT molecular complexity index is 1540. The molecule has 0 spiro atoms. The molecule has 0 aliphatic heterocycles. The summed E-state index contributed by atoms with van der Waals surface area (Å²) in [6, 6.07) is 1.94. The summed E-state index contributed by atoms with van der Waals surface area (Å²) in [5.41, 5.74) is 12.0. The van der Waals surface area contributed by atoms with Gasteiger partial charge in [-0.25, -0.2) is 22.1 Å². The molecule has 0 saturated carbocycles. The maximum absolute atomic E-state index is 14.8. The van der Waals surface area contributed by atoms with Crippen molar-refractivity contribution in [3.05, 3.63) is 36.5 Å². The lowest BCUT2D eigenvalue weighted by Crippen LogP contribution is -2.04. The molecule has 1 aromatic carbocycles. The molecule has 0 atom stereocenters. The number of phosphoric acid groups is 1. The second kappa shape index (κ2) is 7.90. The number of benzene rings is 1. The van der Waals surface area contributed by atoms with E-state index in [1.54, 1.807) is 0 Å². The lowest BCUT2D eigenvalue weighted by atomic mass is 10.0. The predicted molar refractivity (Wildman–Crippen MR) is 113 cm³/mol. The summed E-state index contributed by atoms with van der Waals surface area (Å²) in [5, 5.41) is 7.76. The minimum absolute atomic E-state index is 0.0212. The van der Waals surface area contributed by atoms with Crippen LogP contribution >= 0.6 is 7.82 Å². The van der Waals surface area contributed by atoms with Gasteiger partial charge in [-0.3, -0.25) is 9.51 Å². The standard InChI is InChI=1S/C17H16FN6O7PS/c1-33(28,29)13-2-9(11(18)3-12(13)19)15-14-16(31-23-17(14)20)10(5-21-15)8-4-22-24(6-8)7-30-32(25,26)27/h2-6H,7,19H2,1H3,(H2,20,23)(H2,25,26,27). The molecule has 4 rings (SSSR count). The Hall–Kier alpha value is -3.36. The van der Waals surface area contributed by atoms with Gasteiger partial charge in [-0.15, -0.1) is 0 Å². The molecule has 0 aliphatic rings. The molecular weight excluding hydrogens is 482 g/mol. The number of nitrogens with zero attached hydrogens (tertiary/aromatic N) is 4. The van der Waals surface area contributed by atoms with E-state index in [4.69, 9.17) is 25.8 Å². The van der Waals surface area contributed by atoms with Crippen LogP contribution in [0, 0.1) is 5.82 Å². The summed E-state index contributed by atoms with van der Waals surface area (Å²) in [5.74, 6) is -0.951. The van der Waals surface area contributed by atoms with Crippen molar-refractivity contribution < 1.29 is 36.2 Å². The average Bonchev–Trinajstić information content (AvgIpc) is 3.32. The first-order valence-corrected chi connectivity index (χ1v) is 12.3. The first-order chi connectivity index (χ1) is 15.3. The Morgan fingerprint density at radius 2 is 1.97 bits per heavy atom. The van der Waals surface area contributed by atoms with Gasteiger partial charge in [0.1, 0.15) is 5.82 Å². The zero-order valence-electron chi connectivity index (χ0n) is 16.7. The zero-order chi connectivity index (χ0) is 24.1. The fourth-order valence-electron chi connectivity index (χ4n) is 3.16. The van der Waals surface area contributed by atoms with Gasteiger partial charge >= 0.3 is 7.82 Å². The summed E-state index contributed by atoms with van der Waals surface area (Å²) >= 11 is 0. The zero-order valence-corrected chi connectivity index (χ0v) is 18.4. The third-order valence-corrected chi connectivity index (χ3v) is 6.18. The van der Waals surface area contributed by atoms with Crippen molar-refractivity contribution in [2.45, 2.75) is 11.6 Å². The number of pyridine rings is 1. The van der Waals surface area contributed by atoms with E-state index in [0.717, 1.165) is 23.1 Å². The van der Waals surface area contributed by atoms with Crippen molar-refractivity contribution >= 4 is 40.1 Å². The Morgan fingerprint density at radius 3 is 2.64 bits per heavy atom. The van der Waals surface area contributed by atoms with E-state index < -0.39 is 30.2 Å². The van der Waals surface area contributed by atoms with Gasteiger partial charge in [-0.1, -0.05) is 5.16 Å². The number of anilines is 2. The van der Waals surface area contributed by atoms with E-state index in [0.29, 0.717) is 11.1 Å². The molecule has 0 bridgehead atoms. The lowest BCUT2D eigenvalue weighted by molar-refractivity contribution is 0.145. The number of phosphoric ester groups is 1. The highest BCUT2D eigenvalue weighted by molar-refractivity contribution is 7.90. The average molecular weight is 498 g/mol. The van der Waals surface area contributed by atoms with E-state index in [1.165, 1.54) is 18.6 Å². The number of halogens is 1. The van der Waals surface area contributed by atoms with Crippen molar-refractivity contribution in [2.24, 2.45) is 0 Å². The fourth-order valence-corrected chi connectivity index (χ4v) is 4.24. The third-order valence-electron chi connectivity index (χ3n) is 4.58. The summed E-state index contributed by atoms with van der Waals surface area (Å²) in [4.78, 5) is 21.6. The Labute approximate surface area is 184 Å². The highest BCUT2D eigenvalue weighted by atomic mass is 32.2. The largest absolute Gasteiger partial charge is 0.471 e. The highest BCUT2D eigenvalue weighted by Gasteiger charge is 2.24. The van der Waals surface area contributed by atoms with Crippen molar-refractivity contribution in [2.75, 3.05) is 17.7 Å². The first kappa shape index (κ1) is 22.8. The smallest absolute Gasteiger partial charge is 0.398 e. The van der Waals surface area contributed by atoms with E-state index in [2.05, 4.69) is 19.8 Å². The van der Waals surface area contributed by atoms with Gasteiger partial charge < -0.3 is 25.8 Å². The summed E-state index contributed by atoms with van der Waals surface area (Å²) < 4.78 is 60.5. The van der Waals surface area contributed by atoms with Gasteiger partial charge in [0.05, 0.1) is 27.9 Å². The lowest BCUT2D eigenvalue weighted by Gasteiger charge is -2.10. The molecule has 13 nitrogen and oxygen atoms in total. The van der Waals surface area contributed by atoms with Crippen LogP contribution in [-0.2, 0) is 25.7 Å². The Morgan fingerprint density at radius 1 is 1.24 bits per heavy atom. The fraction of sp³-hybridized carbons (Fsp3) is 0.118. The van der Waals surface area contributed by atoms with Gasteiger partial charge in [0, 0.05) is 35.3 Å². The van der Waals surface area contributed by atoms with E-state index >= 15 is 0 Å². The van der Waals surface area contributed by atoms with E-state index in [1.807, 2.05) is 0 Å². The van der Waals surface area contributed by atoms with Crippen LogP contribution in [0.3, 0.4) is 0 Å². The second-order valence-corrected chi connectivity index (χ2v) is 10.2. The SMILES string of the molecule is CS(=O)(=O)c1cc(-c2ncc(-c3cnn(COP(=O)(O)O)c3)c3onc(N)c23)c(F)cc1N. The second-order valence-electron chi connectivity index (χ2n) is 6.95. The predicted octanol–water partition coefficient (Wildman–Crippen LogP) is 1.53. The number of nitrogen functional groups attached to an aromatic ring is 2. The van der Waals surface area contributed by atoms with Crippen LogP contribution in [0.2, 0.25) is 0 Å². The number of hydrogen-bond acceptors (Lipinski definition) is 10. The molecule has 16 heteroatoms. The molecule has 6 N–H and O–H groups in total. The molecule has 3 aromatic heterocycles. The van der Waals surface area contributed by atoms with Crippen molar-refractivity contribution in [1.82, 2.24) is 19.9 Å². The molecule has 0 fully saturated rings. The van der Waals surface area contributed by atoms with Gasteiger partial charge in [0.25, 0.3) is 0 Å². The topological polar surface area (TPSA) is 210 Å². The number of fused-ring (bicyclic) bond motifs is 1. The Balaban J connectivity index is 1.85. The van der Waals surface area contributed by atoms with Crippen molar-refractivity contribution in [1.29, 1.82) is 0 Å². The molecule has 174 valence electrons. The highest BCUT2D eigenvalue weighted by Crippen LogP contribution is 2.39. The number of rotatable bonds is 6. The molecule has 0 saturated heterocycles. The minimum Gasteiger partial charge on any atom is -0.398 e. The molecule has 33 heavy (non-hydrogen) atoms. The summed E-state index contributed by atoms with van der Waals surface area (Å²) in [6.07, 6.45) is 5.00. The number of hydrogen-bond donors (Lipinski definition) is 4. The maximum atomic E-state index is 14.8. The molecule has 4 aromatic rings. The molecule has 0 aliphatic carbocycles. The van der Waals surface area contributed by atoms with Crippen LogP contribution in [0.4, 0.5) is 15.9 Å². The number of sulfone groups is 1. The molecule has 0 unspecified atom stereocenters. The Kier molecular flexibility index (Phi) is 5.46. The van der Waals surface area contributed by atoms with Crippen molar-refractivity contribution in [3.8, 4) is 22.4 Å². The molecule has 0 radical (unpaired) electrons. The van der Waals surface area contributed by atoms with Gasteiger partial charge in [0.2, 0.25) is 0 Å². The van der Waals surface area contributed by atoms with Crippen LogP contribution in [0.15, 0.2) is 40.1 Å². The molecular formula is C17H16FN6O7PS. The minimum atomic E-state index is -4.70. The monoisotopic (exact) mass is 498 g/mol. The van der Waals surface area contributed by atoms with Gasteiger partial charge in [0.15, 0.2) is 28.0 Å². The van der Waals surface area contributed by atoms with Gasteiger partial charge in [-0.2, -0.15) is 5.10 Å².